The van der Waals surface area contributed by atoms with E-state index in [1.54, 1.807) is 19.1 Å². The van der Waals surface area contributed by atoms with Gasteiger partial charge in [-0.15, -0.1) is 0 Å². The topological polar surface area (TPSA) is 81.8 Å². The number of benzene rings is 1. The van der Waals surface area contributed by atoms with Gasteiger partial charge in [-0.2, -0.15) is 0 Å². The molecule has 7 nitrogen and oxygen atoms in total. The van der Waals surface area contributed by atoms with Crippen molar-refractivity contribution in [3.8, 4) is 0 Å². The second-order valence-electron chi connectivity index (χ2n) is 8.71. The molecule has 2 N–H and O–H groups in total. The number of amides is 4. The summed E-state index contributed by atoms with van der Waals surface area (Å²) in [5, 5.41) is 5.94. The predicted molar refractivity (Wildman–Crippen MR) is 114 cm³/mol. The van der Waals surface area contributed by atoms with E-state index in [9.17, 15) is 18.8 Å². The zero-order valence-electron chi connectivity index (χ0n) is 17.6. The van der Waals surface area contributed by atoms with Crippen molar-refractivity contribution in [2.45, 2.75) is 63.1 Å². The summed E-state index contributed by atoms with van der Waals surface area (Å²) < 4.78 is 14.6. The minimum Gasteiger partial charge on any atom is -0.352 e. The molecule has 31 heavy (non-hydrogen) atoms. The minimum absolute atomic E-state index is 0.138. The van der Waals surface area contributed by atoms with Crippen LogP contribution in [0, 0.1) is 5.82 Å². The Labute approximate surface area is 186 Å². The maximum atomic E-state index is 14.6. The van der Waals surface area contributed by atoms with E-state index >= 15 is 0 Å². The van der Waals surface area contributed by atoms with E-state index < -0.39 is 35.4 Å². The average Bonchev–Trinajstić information content (AvgIpc) is 3.46. The molecule has 9 heteroatoms. The first kappa shape index (κ1) is 22.0. The number of hydrogen-bond acceptors (Lipinski definition) is 4. The summed E-state index contributed by atoms with van der Waals surface area (Å²) >= 11 is 6.31. The van der Waals surface area contributed by atoms with E-state index in [0.29, 0.717) is 23.4 Å². The van der Waals surface area contributed by atoms with Crippen LogP contribution in [-0.2, 0) is 9.59 Å². The van der Waals surface area contributed by atoms with Crippen LogP contribution < -0.4 is 10.6 Å². The molecular weight excluding hydrogens is 423 g/mol. The monoisotopic (exact) mass is 450 g/mol. The molecule has 3 aliphatic rings. The molecule has 0 bridgehead atoms. The van der Waals surface area contributed by atoms with Crippen LogP contribution in [0.2, 0.25) is 5.02 Å². The Morgan fingerprint density at radius 1 is 1.23 bits per heavy atom. The molecule has 4 amide bonds. The van der Waals surface area contributed by atoms with Gasteiger partial charge in [-0.1, -0.05) is 30.5 Å². The smallest absolute Gasteiger partial charge is 0.325 e. The Balaban J connectivity index is 1.48. The maximum absolute atomic E-state index is 14.6. The standard InChI is InChI=1S/C22H28ClFN4O3/c1-14(28-20(30)22(26-21(28)31)9-2-3-10-22)19(29)25-13-17(27-11-4-5-12-27)18-15(23)7-6-8-16(18)24/h6-8,14,17H,2-5,9-13H2,1H3,(H,25,29)(H,26,31). The average molecular weight is 451 g/mol. The number of nitrogens with one attached hydrogen (secondary N) is 2. The highest BCUT2D eigenvalue weighted by Gasteiger charge is 2.54. The Morgan fingerprint density at radius 2 is 1.90 bits per heavy atom. The van der Waals surface area contributed by atoms with Gasteiger partial charge in [0.15, 0.2) is 0 Å². The van der Waals surface area contributed by atoms with Gasteiger partial charge in [-0.25, -0.2) is 14.1 Å². The van der Waals surface area contributed by atoms with Gasteiger partial charge >= 0.3 is 6.03 Å². The first-order valence-corrected chi connectivity index (χ1v) is 11.3. The number of urea groups is 1. The third-order valence-corrected chi connectivity index (χ3v) is 7.13. The summed E-state index contributed by atoms with van der Waals surface area (Å²) in [4.78, 5) is 41.5. The van der Waals surface area contributed by atoms with E-state index in [-0.39, 0.29) is 12.5 Å². The molecule has 1 aromatic rings. The molecule has 2 unspecified atom stereocenters. The molecule has 1 spiro atoms. The van der Waals surface area contributed by atoms with Crippen LogP contribution in [-0.4, -0.2) is 58.9 Å². The van der Waals surface area contributed by atoms with Gasteiger partial charge in [0.2, 0.25) is 5.91 Å². The zero-order chi connectivity index (χ0) is 22.2. The second kappa shape index (κ2) is 8.74. The van der Waals surface area contributed by atoms with Crippen molar-refractivity contribution in [1.82, 2.24) is 20.4 Å². The molecule has 4 rings (SSSR count). The van der Waals surface area contributed by atoms with E-state index in [1.165, 1.54) is 6.07 Å². The molecule has 168 valence electrons. The van der Waals surface area contributed by atoms with E-state index in [1.807, 2.05) is 0 Å². The van der Waals surface area contributed by atoms with Crippen molar-refractivity contribution < 1.29 is 18.8 Å². The van der Waals surface area contributed by atoms with Gasteiger partial charge in [0.1, 0.15) is 17.4 Å². The first-order chi connectivity index (χ1) is 14.8. The van der Waals surface area contributed by atoms with Crippen LogP contribution in [0.5, 0.6) is 0 Å². The van der Waals surface area contributed by atoms with Crippen LogP contribution in [0.3, 0.4) is 0 Å². The quantitative estimate of drug-likeness (QED) is 0.653. The van der Waals surface area contributed by atoms with Gasteiger partial charge in [-0.05, 0) is 57.8 Å². The number of hydrogen-bond donors (Lipinski definition) is 2. The molecule has 0 aromatic heterocycles. The van der Waals surface area contributed by atoms with E-state index in [4.69, 9.17) is 11.6 Å². The molecule has 1 aromatic carbocycles. The number of nitrogens with zero attached hydrogens (tertiary/aromatic N) is 2. The SMILES string of the molecule is CC(C(=O)NCC(c1c(F)cccc1Cl)N1CCCC1)N1C(=O)NC2(CCCC2)C1=O. The van der Waals surface area contributed by atoms with Gasteiger partial charge < -0.3 is 10.6 Å². The molecule has 2 heterocycles. The fraction of sp³-hybridized carbons (Fsp3) is 0.591. The van der Waals surface area contributed by atoms with Gasteiger partial charge in [0.25, 0.3) is 5.91 Å². The summed E-state index contributed by atoms with van der Waals surface area (Å²) in [6.45, 7) is 3.26. The number of halogens is 2. The molecule has 1 aliphatic carbocycles. The highest BCUT2D eigenvalue weighted by molar-refractivity contribution is 6.31. The van der Waals surface area contributed by atoms with Crippen molar-refractivity contribution >= 4 is 29.4 Å². The lowest BCUT2D eigenvalue weighted by Crippen LogP contribution is -2.51. The largest absolute Gasteiger partial charge is 0.352 e. The van der Waals surface area contributed by atoms with Crippen molar-refractivity contribution in [3.05, 3.63) is 34.6 Å². The third kappa shape index (κ3) is 4.03. The minimum atomic E-state index is -0.956. The predicted octanol–water partition coefficient (Wildman–Crippen LogP) is 2.99. The Bertz CT molecular complexity index is 863. The van der Waals surface area contributed by atoms with Gasteiger partial charge in [0, 0.05) is 17.1 Å². The van der Waals surface area contributed by atoms with Gasteiger partial charge in [0.05, 0.1) is 6.04 Å². The van der Waals surface area contributed by atoms with Crippen molar-refractivity contribution in [2.75, 3.05) is 19.6 Å². The molecule has 2 saturated heterocycles. The Hall–Kier alpha value is -2.19. The molecular formula is C22H28ClFN4O3. The van der Waals surface area contributed by atoms with E-state index in [0.717, 1.165) is 43.7 Å². The van der Waals surface area contributed by atoms with E-state index in [2.05, 4.69) is 15.5 Å². The van der Waals surface area contributed by atoms with Crippen LogP contribution in [0.15, 0.2) is 18.2 Å². The number of likely N-dealkylation sites (tertiary alicyclic amines) is 1. The second-order valence-corrected chi connectivity index (χ2v) is 9.12. The first-order valence-electron chi connectivity index (χ1n) is 11.0. The van der Waals surface area contributed by atoms with Crippen LogP contribution in [0.4, 0.5) is 9.18 Å². The summed E-state index contributed by atoms with van der Waals surface area (Å²) in [5.41, 5.74) is -0.497. The lowest BCUT2D eigenvalue weighted by atomic mass is 9.97. The van der Waals surface area contributed by atoms with Crippen LogP contribution >= 0.6 is 11.6 Å². The van der Waals surface area contributed by atoms with Crippen LogP contribution in [0.25, 0.3) is 0 Å². The molecule has 3 fully saturated rings. The molecule has 2 aliphatic heterocycles. The number of carbonyl (C=O) groups excluding carboxylic acids is 3. The normalized spacial score (nSPS) is 22.7. The number of imide groups is 1. The fourth-order valence-corrected chi connectivity index (χ4v) is 5.36. The van der Waals surface area contributed by atoms with Crippen molar-refractivity contribution in [3.63, 3.8) is 0 Å². The Morgan fingerprint density at radius 3 is 2.55 bits per heavy atom. The number of carbonyl (C=O) groups is 3. The summed E-state index contributed by atoms with van der Waals surface area (Å²) in [7, 11) is 0. The highest BCUT2D eigenvalue weighted by Crippen LogP contribution is 2.36. The molecule has 1 saturated carbocycles. The highest BCUT2D eigenvalue weighted by atomic mass is 35.5. The summed E-state index contributed by atoms with van der Waals surface area (Å²) in [5.74, 6) is -1.19. The van der Waals surface area contributed by atoms with Crippen LogP contribution in [0.1, 0.15) is 57.1 Å². The third-order valence-electron chi connectivity index (χ3n) is 6.80. The Kier molecular flexibility index (Phi) is 6.21. The lowest BCUT2D eigenvalue weighted by molar-refractivity contribution is -0.137. The maximum Gasteiger partial charge on any atom is 0.325 e. The fourth-order valence-electron chi connectivity index (χ4n) is 5.07. The van der Waals surface area contributed by atoms with Crippen molar-refractivity contribution in [2.24, 2.45) is 0 Å². The van der Waals surface area contributed by atoms with Crippen molar-refractivity contribution in [1.29, 1.82) is 0 Å². The molecule has 2 atom stereocenters. The van der Waals surface area contributed by atoms with Gasteiger partial charge in [-0.3, -0.25) is 14.5 Å². The lowest BCUT2D eigenvalue weighted by Gasteiger charge is -2.30. The zero-order valence-corrected chi connectivity index (χ0v) is 18.4. The number of rotatable bonds is 6. The summed E-state index contributed by atoms with van der Waals surface area (Å²) in [6.07, 6.45) is 4.95. The molecule has 0 radical (unpaired) electrons. The summed E-state index contributed by atoms with van der Waals surface area (Å²) in [6, 6.07) is 2.66.